The number of nitriles is 2. The molecule has 0 fully saturated rings. The molecular weight excluding hydrogens is 286 g/mol. The number of halogens is 1. The van der Waals surface area contributed by atoms with Crippen molar-refractivity contribution in [1.29, 1.82) is 10.5 Å². The van der Waals surface area contributed by atoms with Gasteiger partial charge in [-0.1, -0.05) is 23.7 Å². The van der Waals surface area contributed by atoms with Gasteiger partial charge in [-0.25, -0.2) is 8.42 Å². The highest BCUT2D eigenvalue weighted by atomic mass is 35.5. The molecule has 0 heterocycles. The van der Waals surface area contributed by atoms with Gasteiger partial charge in [0.15, 0.2) is 0 Å². The third kappa shape index (κ3) is 3.93. The fraction of sp³-hybridized carbons (Fsp3) is 0.333. The van der Waals surface area contributed by atoms with Gasteiger partial charge in [0, 0.05) is 25.9 Å². The Labute approximate surface area is 117 Å². The van der Waals surface area contributed by atoms with Gasteiger partial charge in [0.1, 0.15) is 4.90 Å². The monoisotopic (exact) mass is 297 g/mol. The Hall–Kier alpha value is -1.60. The van der Waals surface area contributed by atoms with Gasteiger partial charge < -0.3 is 0 Å². The molecule has 0 aliphatic heterocycles. The molecule has 1 aromatic carbocycles. The first-order valence-electron chi connectivity index (χ1n) is 5.52. The van der Waals surface area contributed by atoms with Gasteiger partial charge in [0.2, 0.25) is 10.0 Å². The highest BCUT2D eigenvalue weighted by molar-refractivity contribution is 7.89. The summed E-state index contributed by atoms with van der Waals surface area (Å²) < 4.78 is 25.9. The van der Waals surface area contributed by atoms with Crippen LogP contribution < -0.4 is 0 Å². The molecule has 100 valence electrons. The lowest BCUT2D eigenvalue weighted by molar-refractivity contribution is 0.425. The minimum absolute atomic E-state index is 0.00690. The highest BCUT2D eigenvalue weighted by Gasteiger charge is 2.25. The van der Waals surface area contributed by atoms with Crippen LogP contribution >= 0.6 is 11.6 Å². The maximum Gasteiger partial charge on any atom is 0.244 e. The first-order valence-corrected chi connectivity index (χ1v) is 7.34. The summed E-state index contributed by atoms with van der Waals surface area (Å²) in [6.45, 7) is 0.0947. The third-order valence-corrected chi connectivity index (χ3v) is 4.80. The van der Waals surface area contributed by atoms with Gasteiger partial charge in [0.25, 0.3) is 0 Å². The van der Waals surface area contributed by atoms with E-state index in [9.17, 15) is 8.42 Å². The van der Waals surface area contributed by atoms with Crippen molar-refractivity contribution in [1.82, 2.24) is 4.31 Å². The van der Waals surface area contributed by atoms with Gasteiger partial charge in [-0.3, -0.25) is 0 Å². The number of nitrogens with zero attached hydrogens (tertiary/aromatic N) is 3. The van der Waals surface area contributed by atoms with Gasteiger partial charge in [-0.15, -0.1) is 0 Å². The summed E-state index contributed by atoms with van der Waals surface area (Å²) in [6.07, 6.45) is 0.129. The van der Waals surface area contributed by atoms with Gasteiger partial charge >= 0.3 is 0 Å². The van der Waals surface area contributed by atoms with Crippen LogP contribution in [-0.4, -0.2) is 25.8 Å². The van der Waals surface area contributed by atoms with E-state index in [0.717, 1.165) is 4.31 Å². The third-order valence-electron chi connectivity index (χ3n) is 2.40. The highest BCUT2D eigenvalue weighted by Crippen LogP contribution is 2.24. The number of benzene rings is 1. The van der Waals surface area contributed by atoms with Crippen LogP contribution in [0.2, 0.25) is 5.02 Å². The molecule has 0 saturated heterocycles. The second-order valence-corrected chi connectivity index (χ2v) is 5.96. The van der Waals surface area contributed by atoms with Crippen LogP contribution in [0, 0.1) is 22.7 Å². The van der Waals surface area contributed by atoms with E-state index >= 15 is 0 Å². The van der Waals surface area contributed by atoms with Crippen molar-refractivity contribution in [2.24, 2.45) is 0 Å². The fourth-order valence-corrected chi connectivity index (χ4v) is 3.43. The Kier molecular flexibility index (Phi) is 5.78. The van der Waals surface area contributed by atoms with Crippen LogP contribution in [-0.2, 0) is 10.0 Å². The lowest BCUT2D eigenvalue weighted by atomic mass is 10.4. The molecule has 0 bridgehead atoms. The van der Waals surface area contributed by atoms with Crippen LogP contribution in [0.5, 0.6) is 0 Å². The quantitative estimate of drug-likeness (QED) is 0.805. The standard InChI is InChI=1S/C12H12ClN3O2S/c13-11-5-1-2-6-12(11)19(17,18)16(9-3-7-14)10-4-8-15/h1-2,5-6H,3-4,9-10H2. The lowest BCUT2D eigenvalue weighted by Gasteiger charge is -2.20. The minimum Gasteiger partial charge on any atom is -0.207 e. The molecule has 0 radical (unpaired) electrons. The predicted molar refractivity (Wildman–Crippen MR) is 70.7 cm³/mol. The van der Waals surface area contributed by atoms with E-state index in [0.29, 0.717) is 0 Å². The Morgan fingerprint density at radius 2 is 1.63 bits per heavy atom. The number of rotatable bonds is 6. The molecule has 1 rings (SSSR count). The second-order valence-electron chi connectivity index (χ2n) is 3.65. The van der Waals surface area contributed by atoms with Gasteiger partial charge in [-0.05, 0) is 12.1 Å². The molecule has 19 heavy (non-hydrogen) atoms. The first-order chi connectivity index (χ1) is 9.04. The Balaban J connectivity index is 3.09. The van der Waals surface area contributed by atoms with Crippen LogP contribution in [0.3, 0.4) is 0 Å². The average molecular weight is 298 g/mol. The molecule has 0 atom stereocenters. The SMILES string of the molecule is N#CCCN(CCC#N)S(=O)(=O)c1ccccc1Cl. The van der Waals surface area contributed by atoms with E-state index in [4.69, 9.17) is 22.1 Å². The second kappa shape index (κ2) is 7.10. The van der Waals surface area contributed by atoms with Crippen molar-refractivity contribution in [2.45, 2.75) is 17.7 Å². The van der Waals surface area contributed by atoms with Crippen LogP contribution in [0.25, 0.3) is 0 Å². The molecule has 7 heteroatoms. The molecule has 0 saturated carbocycles. The van der Waals surface area contributed by atoms with Gasteiger partial charge in [0.05, 0.1) is 17.2 Å². The minimum atomic E-state index is -3.78. The molecule has 0 unspecified atom stereocenters. The molecule has 1 aromatic rings. The normalized spacial score (nSPS) is 10.9. The van der Waals surface area contributed by atoms with E-state index < -0.39 is 10.0 Å². The predicted octanol–water partition coefficient (Wildman–Crippen LogP) is 2.16. The molecule has 0 amide bonds. The molecule has 5 nitrogen and oxygen atoms in total. The van der Waals surface area contributed by atoms with E-state index in [1.165, 1.54) is 12.1 Å². The fourth-order valence-electron chi connectivity index (χ4n) is 1.49. The molecule has 0 aliphatic rings. The first kappa shape index (κ1) is 15.5. The van der Waals surface area contributed by atoms with Crippen molar-refractivity contribution < 1.29 is 8.42 Å². The topological polar surface area (TPSA) is 85.0 Å². The maximum absolute atomic E-state index is 12.4. The Bertz CT molecular complexity index is 599. The summed E-state index contributed by atoms with van der Waals surface area (Å²) in [4.78, 5) is -0.00690. The van der Waals surface area contributed by atoms with Gasteiger partial charge in [-0.2, -0.15) is 14.8 Å². The summed E-state index contributed by atoms with van der Waals surface area (Å²) in [6, 6.07) is 9.89. The van der Waals surface area contributed by atoms with E-state index in [2.05, 4.69) is 0 Å². The van der Waals surface area contributed by atoms with Crippen molar-refractivity contribution in [3.8, 4) is 12.1 Å². The van der Waals surface area contributed by atoms with Crippen molar-refractivity contribution in [3.63, 3.8) is 0 Å². The van der Waals surface area contributed by atoms with E-state index in [1.807, 2.05) is 12.1 Å². The number of hydrogen-bond donors (Lipinski definition) is 0. The zero-order valence-corrected chi connectivity index (χ0v) is 11.7. The van der Waals surface area contributed by atoms with Crippen molar-refractivity contribution in [2.75, 3.05) is 13.1 Å². The number of hydrogen-bond acceptors (Lipinski definition) is 4. The summed E-state index contributed by atoms with van der Waals surface area (Å²) in [5.41, 5.74) is 0. The molecular formula is C12H12ClN3O2S. The number of sulfonamides is 1. The Morgan fingerprint density at radius 3 is 2.11 bits per heavy atom. The smallest absolute Gasteiger partial charge is 0.207 e. The molecule has 0 N–H and O–H groups in total. The zero-order valence-electron chi connectivity index (χ0n) is 10.1. The van der Waals surface area contributed by atoms with E-state index in [-0.39, 0.29) is 35.8 Å². The maximum atomic E-state index is 12.4. The molecule has 0 spiro atoms. The summed E-state index contributed by atoms with van der Waals surface area (Å²) >= 11 is 5.89. The summed E-state index contributed by atoms with van der Waals surface area (Å²) in [7, 11) is -3.78. The summed E-state index contributed by atoms with van der Waals surface area (Å²) in [5, 5.41) is 17.3. The van der Waals surface area contributed by atoms with Crippen molar-refractivity contribution in [3.05, 3.63) is 29.3 Å². The zero-order chi connectivity index (χ0) is 14.3. The molecule has 0 aliphatic carbocycles. The lowest BCUT2D eigenvalue weighted by Crippen LogP contribution is -2.33. The van der Waals surface area contributed by atoms with Crippen LogP contribution in [0.15, 0.2) is 29.2 Å². The van der Waals surface area contributed by atoms with Crippen LogP contribution in [0.1, 0.15) is 12.8 Å². The van der Waals surface area contributed by atoms with Crippen LogP contribution in [0.4, 0.5) is 0 Å². The van der Waals surface area contributed by atoms with E-state index in [1.54, 1.807) is 12.1 Å². The summed E-state index contributed by atoms with van der Waals surface area (Å²) in [5.74, 6) is 0. The Morgan fingerprint density at radius 1 is 1.11 bits per heavy atom. The average Bonchev–Trinajstić information content (AvgIpc) is 2.39. The van der Waals surface area contributed by atoms with Crippen molar-refractivity contribution >= 4 is 21.6 Å². The largest absolute Gasteiger partial charge is 0.244 e. The molecule has 0 aromatic heterocycles.